The van der Waals surface area contributed by atoms with Crippen LogP contribution in [-0.2, 0) is 6.42 Å². The Labute approximate surface area is 123 Å². The van der Waals surface area contributed by atoms with Crippen molar-refractivity contribution >= 4 is 70.7 Å². The van der Waals surface area contributed by atoms with Crippen molar-refractivity contribution in [1.29, 1.82) is 0 Å². The van der Waals surface area contributed by atoms with Crippen LogP contribution in [-0.4, -0.2) is 53.3 Å². The van der Waals surface area contributed by atoms with Crippen molar-refractivity contribution in [3.05, 3.63) is 35.9 Å². The maximum atomic E-state index is 5.36. The smallest absolute Gasteiger partial charge is 0 e. The molecule has 1 nitrogen and oxygen atoms in total. The van der Waals surface area contributed by atoms with E-state index in [0.717, 1.165) is 13.0 Å². The minimum atomic E-state index is -0.292. The van der Waals surface area contributed by atoms with Crippen LogP contribution in [0.15, 0.2) is 30.3 Å². The predicted molar refractivity (Wildman–Crippen MR) is 68.6 cm³/mol. The van der Waals surface area contributed by atoms with E-state index in [4.69, 9.17) is 5.73 Å². The Morgan fingerprint density at radius 1 is 1.15 bits per heavy atom. The van der Waals surface area contributed by atoms with Crippen molar-refractivity contribution in [3.8, 4) is 0 Å². The second-order valence-corrected chi connectivity index (χ2v) is 18.9. The number of rotatable bonds is 2. The number of nitrogens with two attached hydrogens (primary N) is 1. The van der Waals surface area contributed by atoms with E-state index in [1.54, 1.807) is 0 Å². The first-order chi connectivity index (χ1) is 5.85. The Balaban J connectivity index is 0. The van der Waals surface area contributed by atoms with Crippen LogP contribution in [0.5, 0.6) is 0 Å². The molecule has 0 spiro atoms. The van der Waals surface area contributed by atoms with Crippen LogP contribution in [0.4, 0.5) is 0 Å². The molecule has 0 aliphatic rings. The summed E-state index contributed by atoms with van der Waals surface area (Å²) in [5, 5.41) is 0. The van der Waals surface area contributed by atoms with Crippen LogP contribution in [0.2, 0.25) is 0 Å². The van der Waals surface area contributed by atoms with Crippen molar-refractivity contribution < 1.29 is 0 Å². The van der Waals surface area contributed by atoms with Gasteiger partial charge in [-0.25, -0.2) is 0 Å². The van der Waals surface area contributed by atoms with Gasteiger partial charge in [-0.05, 0) is 18.5 Å². The minimum Gasteiger partial charge on any atom is 0 e. The molecule has 0 saturated carbocycles. The summed E-state index contributed by atoms with van der Waals surface area (Å²) in [5.41, 5.74) is 6.68. The zero-order chi connectivity index (χ0) is 9.23. The fraction of sp³-hybridized carbons (Fsp3) is 0.250. The monoisotopic (exact) mass is 695 g/mol. The first kappa shape index (κ1) is 17.4. The summed E-state index contributed by atoms with van der Waals surface area (Å²) in [4.78, 5) is 0. The third-order valence-electron chi connectivity index (χ3n) is 1.28. The molecule has 1 aromatic rings. The molecule has 1 rings (SSSR count). The van der Waals surface area contributed by atoms with Gasteiger partial charge in [0, 0.05) is 27.3 Å². The average molecular weight is 695 g/mol. The SMILES string of the molecule is NCCc1ccccc1.[Br][Pb][Br].[Pb]. The predicted octanol–water partition coefficient (Wildman–Crippen LogP) is 2.12. The fourth-order valence-corrected chi connectivity index (χ4v) is 0.811. The molecule has 0 aromatic heterocycles. The Kier molecular flexibility index (Phi) is 18.7. The maximum absolute atomic E-state index is 5.36. The number of hydrogen-bond acceptors (Lipinski definition) is 1. The van der Waals surface area contributed by atoms with Gasteiger partial charge in [0.1, 0.15) is 0 Å². The summed E-state index contributed by atoms with van der Waals surface area (Å²) in [6, 6.07) is 10.3. The summed E-state index contributed by atoms with van der Waals surface area (Å²) < 4.78 is 0. The van der Waals surface area contributed by atoms with Crippen molar-refractivity contribution in [2.75, 3.05) is 6.54 Å². The van der Waals surface area contributed by atoms with Gasteiger partial charge in [0.15, 0.2) is 0 Å². The molecule has 6 radical (unpaired) electrons. The van der Waals surface area contributed by atoms with Crippen LogP contribution in [0.3, 0.4) is 0 Å². The van der Waals surface area contributed by atoms with E-state index < -0.39 is 0 Å². The summed E-state index contributed by atoms with van der Waals surface area (Å²) in [6.07, 6.45) is 0.987. The number of benzene rings is 1. The van der Waals surface area contributed by atoms with Crippen LogP contribution < -0.4 is 5.73 Å². The normalized spacial score (nSPS) is 7.92. The van der Waals surface area contributed by atoms with E-state index in [0.29, 0.717) is 0 Å². The van der Waals surface area contributed by atoms with Crippen LogP contribution >= 0.6 is 24.0 Å². The molecule has 5 heteroatoms. The quantitative estimate of drug-likeness (QED) is 0.472. The van der Waals surface area contributed by atoms with Crippen LogP contribution in [0, 0.1) is 0 Å². The minimum absolute atomic E-state index is 0. The molecular weight excluding hydrogens is 684 g/mol. The first-order valence-corrected chi connectivity index (χ1v) is 20.4. The van der Waals surface area contributed by atoms with Crippen LogP contribution in [0.25, 0.3) is 0 Å². The Morgan fingerprint density at radius 2 is 1.62 bits per heavy atom. The van der Waals surface area contributed by atoms with Crippen molar-refractivity contribution in [2.45, 2.75) is 6.42 Å². The Bertz CT molecular complexity index is 185. The second-order valence-electron chi connectivity index (χ2n) is 2.10. The third kappa shape index (κ3) is 11.9. The molecule has 70 valence electrons. The molecule has 1 aromatic carbocycles. The van der Waals surface area contributed by atoms with Crippen molar-refractivity contribution in [2.24, 2.45) is 5.73 Å². The van der Waals surface area contributed by atoms with E-state index >= 15 is 0 Å². The summed E-state index contributed by atoms with van der Waals surface area (Å²) in [7, 11) is 0. The van der Waals surface area contributed by atoms with Crippen molar-refractivity contribution in [3.63, 3.8) is 0 Å². The molecular formula is C8H11Br2NPb2. The van der Waals surface area contributed by atoms with Crippen molar-refractivity contribution in [1.82, 2.24) is 0 Å². The van der Waals surface area contributed by atoms with Gasteiger partial charge in [-0.15, -0.1) is 0 Å². The summed E-state index contributed by atoms with van der Waals surface area (Å²) in [6.45, 7) is 0.740. The number of halogens is 2. The van der Waals surface area contributed by atoms with Crippen LogP contribution in [0.1, 0.15) is 5.56 Å². The average Bonchev–Trinajstić information content (AvgIpc) is 2.08. The topological polar surface area (TPSA) is 26.0 Å². The maximum Gasteiger partial charge on any atom is 0 e. The van der Waals surface area contributed by atoms with E-state index in [2.05, 4.69) is 36.1 Å². The summed E-state index contributed by atoms with van der Waals surface area (Å²) >= 11 is 6.22. The molecule has 0 aliphatic carbocycles. The molecule has 0 amide bonds. The summed E-state index contributed by atoms with van der Waals surface area (Å²) in [5.74, 6) is 0. The standard InChI is InChI=1S/C8H11N.2BrH.2Pb/c9-7-6-8-4-2-1-3-5-8;;;;/h1-5H,6-7,9H2;2*1H;;/q;;;;+2/p-2. The van der Waals surface area contributed by atoms with E-state index in [1.807, 2.05) is 18.2 Å². The number of hydrogen-bond donors (Lipinski definition) is 1. The zero-order valence-electron chi connectivity index (χ0n) is 7.13. The van der Waals surface area contributed by atoms with Gasteiger partial charge < -0.3 is 5.73 Å². The molecule has 0 atom stereocenters. The van der Waals surface area contributed by atoms with Gasteiger partial charge in [0.05, 0.1) is 0 Å². The van der Waals surface area contributed by atoms with Gasteiger partial charge >= 0.3 is 43.4 Å². The fourth-order valence-electron chi connectivity index (χ4n) is 0.811. The second kappa shape index (κ2) is 14.0. The third-order valence-corrected chi connectivity index (χ3v) is 1.28. The van der Waals surface area contributed by atoms with Gasteiger partial charge in [0.2, 0.25) is 0 Å². The largest absolute Gasteiger partial charge is 0 e. The molecule has 0 aliphatic heterocycles. The van der Waals surface area contributed by atoms with E-state index in [9.17, 15) is 0 Å². The molecule has 0 unspecified atom stereocenters. The van der Waals surface area contributed by atoms with Gasteiger partial charge in [-0.3, -0.25) is 0 Å². The van der Waals surface area contributed by atoms with Gasteiger partial charge in [-0.2, -0.15) is 0 Å². The van der Waals surface area contributed by atoms with Gasteiger partial charge in [-0.1, -0.05) is 30.3 Å². The molecule has 0 bridgehead atoms. The Hall–Kier alpha value is 1.98. The van der Waals surface area contributed by atoms with Gasteiger partial charge in [0.25, 0.3) is 0 Å². The molecule has 2 N–H and O–H groups in total. The van der Waals surface area contributed by atoms with E-state index in [1.165, 1.54) is 5.56 Å². The Morgan fingerprint density at radius 3 is 2.00 bits per heavy atom. The first-order valence-electron chi connectivity index (χ1n) is 3.55. The molecule has 0 fully saturated rings. The molecule has 0 saturated heterocycles. The molecule has 13 heavy (non-hydrogen) atoms. The van der Waals surface area contributed by atoms with E-state index in [-0.39, 0.29) is 46.7 Å². The molecule has 0 heterocycles. The zero-order valence-corrected chi connectivity index (χ0v) is 18.1.